The molecule has 0 saturated carbocycles. The zero-order chi connectivity index (χ0) is 13.1. The summed E-state index contributed by atoms with van der Waals surface area (Å²) in [5.41, 5.74) is 0. The van der Waals surface area contributed by atoms with E-state index < -0.39 is 0 Å². The maximum Gasteiger partial charge on any atom is 0.00670 e. The van der Waals surface area contributed by atoms with E-state index in [1.807, 2.05) is 11.3 Å². The molecule has 1 nitrogen and oxygen atoms in total. The molecule has 0 bridgehead atoms. The molecule has 0 saturated heterocycles. The molecule has 0 aliphatic carbocycles. The van der Waals surface area contributed by atoms with E-state index in [-0.39, 0.29) is 0 Å². The molecule has 0 radical (unpaired) electrons. The fraction of sp³-hybridized carbons (Fsp3) is 0.750. The van der Waals surface area contributed by atoms with E-state index in [9.17, 15) is 0 Å². The molecule has 1 unspecified atom stereocenters. The average molecular weight is 267 g/mol. The quantitative estimate of drug-likeness (QED) is 0.555. The third-order valence-corrected chi connectivity index (χ3v) is 4.39. The summed E-state index contributed by atoms with van der Waals surface area (Å²) in [6.07, 6.45) is 10.8. The molecule has 1 aromatic heterocycles. The van der Waals surface area contributed by atoms with Crippen LogP contribution in [0.2, 0.25) is 0 Å². The van der Waals surface area contributed by atoms with Gasteiger partial charge in [0.25, 0.3) is 0 Å². The third kappa shape index (κ3) is 7.17. The van der Waals surface area contributed by atoms with Crippen molar-refractivity contribution in [3.05, 3.63) is 22.4 Å². The van der Waals surface area contributed by atoms with E-state index in [2.05, 4.69) is 36.7 Å². The Kier molecular flexibility index (Phi) is 9.23. The molecule has 0 aromatic carbocycles. The van der Waals surface area contributed by atoms with Gasteiger partial charge in [0, 0.05) is 10.9 Å². The van der Waals surface area contributed by atoms with E-state index in [0.717, 1.165) is 12.6 Å². The second-order valence-corrected chi connectivity index (χ2v) is 6.11. The van der Waals surface area contributed by atoms with Gasteiger partial charge in [0.2, 0.25) is 0 Å². The minimum atomic E-state index is 0.742. The lowest BCUT2D eigenvalue weighted by Gasteiger charge is -2.17. The Hall–Kier alpha value is -0.340. The zero-order valence-corrected chi connectivity index (χ0v) is 12.9. The maximum absolute atomic E-state index is 3.64. The monoisotopic (exact) mass is 267 g/mol. The Morgan fingerprint density at radius 1 is 1.11 bits per heavy atom. The topological polar surface area (TPSA) is 12.0 Å². The number of hydrogen-bond acceptors (Lipinski definition) is 2. The second-order valence-electron chi connectivity index (χ2n) is 5.08. The van der Waals surface area contributed by atoms with Crippen LogP contribution in [0.1, 0.15) is 63.7 Å². The summed E-state index contributed by atoms with van der Waals surface area (Å²) in [6.45, 7) is 5.61. The first-order valence-corrected chi connectivity index (χ1v) is 8.50. The molecule has 18 heavy (non-hydrogen) atoms. The molecule has 104 valence electrons. The average Bonchev–Trinajstić information content (AvgIpc) is 2.87. The van der Waals surface area contributed by atoms with E-state index in [1.54, 1.807) is 0 Å². The smallest absolute Gasteiger partial charge is 0.00670 e. The van der Waals surface area contributed by atoms with Gasteiger partial charge >= 0.3 is 0 Å². The van der Waals surface area contributed by atoms with Crippen LogP contribution in [0.25, 0.3) is 0 Å². The van der Waals surface area contributed by atoms with Crippen LogP contribution in [0.4, 0.5) is 0 Å². The molecule has 1 N–H and O–H groups in total. The van der Waals surface area contributed by atoms with Crippen molar-refractivity contribution in [2.75, 3.05) is 6.54 Å². The van der Waals surface area contributed by atoms with Gasteiger partial charge in [-0.15, -0.1) is 11.3 Å². The molecule has 0 aliphatic rings. The van der Waals surface area contributed by atoms with Crippen LogP contribution in [-0.2, 0) is 6.42 Å². The van der Waals surface area contributed by atoms with Crippen LogP contribution in [0.15, 0.2) is 17.5 Å². The molecule has 2 heteroatoms. The van der Waals surface area contributed by atoms with E-state index in [0.29, 0.717) is 0 Å². The minimum Gasteiger partial charge on any atom is -0.314 e. The van der Waals surface area contributed by atoms with Gasteiger partial charge in [-0.1, -0.05) is 45.6 Å². The standard InChI is InChI=1S/C16H29NS/c1-3-5-6-7-10-15(17-4-2)11-8-12-16-13-9-14-18-16/h9,13-15,17H,3-8,10-12H2,1-2H3. The van der Waals surface area contributed by atoms with Crippen molar-refractivity contribution in [3.8, 4) is 0 Å². The van der Waals surface area contributed by atoms with Crippen molar-refractivity contribution in [1.29, 1.82) is 0 Å². The van der Waals surface area contributed by atoms with Crippen molar-refractivity contribution in [2.24, 2.45) is 0 Å². The first-order chi connectivity index (χ1) is 8.86. The molecule has 0 aliphatic heterocycles. The van der Waals surface area contributed by atoms with Gasteiger partial charge in [-0.3, -0.25) is 0 Å². The van der Waals surface area contributed by atoms with Gasteiger partial charge in [0.05, 0.1) is 0 Å². The Morgan fingerprint density at radius 3 is 2.61 bits per heavy atom. The summed E-state index contributed by atoms with van der Waals surface area (Å²) < 4.78 is 0. The molecular formula is C16H29NS. The fourth-order valence-electron chi connectivity index (χ4n) is 2.43. The molecule has 1 aromatic rings. The van der Waals surface area contributed by atoms with Gasteiger partial charge in [-0.05, 0) is 43.7 Å². The van der Waals surface area contributed by atoms with Crippen LogP contribution >= 0.6 is 11.3 Å². The molecule has 0 amide bonds. The SMILES string of the molecule is CCCCCCC(CCCc1cccs1)NCC. The van der Waals surface area contributed by atoms with Crippen LogP contribution < -0.4 is 5.32 Å². The summed E-state index contributed by atoms with van der Waals surface area (Å²) in [7, 11) is 0. The Balaban J connectivity index is 2.12. The molecule has 0 spiro atoms. The molecule has 1 atom stereocenters. The van der Waals surface area contributed by atoms with Gasteiger partial charge < -0.3 is 5.32 Å². The zero-order valence-electron chi connectivity index (χ0n) is 12.1. The highest BCUT2D eigenvalue weighted by Crippen LogP contribution is 2.15. The van der Waals surface area contributed by atoms with Crippen LogP contribution in [0, 0.1) is 0 Å². The third-order valence-electron chi connectivity index (χ3n) is 3.45. The number of nitrogens with one attached hydrogen (secondary N) is 1. The minimum absolute atomic E-state index is 0.742. The molecule has 1 heterocycles. The Labute approximate surface area is 117 Å². The van der Waals surface area contributed by atoms with Crippen LogP contribution in [0.5, 0.6) is 0 Å². The first kappa shape index (κ1) is 15.7. The second kappa shape index (κ2) is 10.6. The van der Waals surface area contributed by atoms with Gasteiger partial charge in [0.15, 0.2) is 0 Å². The summed E-state index contributed by atoms with van der Waals surface area (Å²) >= 11 is 1.89. The predicted octanol–water partition coefficient (Wildman–Crippen LogP) is 5.02. The summed E-state index contributed by atoms with van der Waals surface area (Å²) in [5, 5.41) is 5.83. The summed E-state index contributed by atoms with van der Waals surface area (Å²) in [5.74, 6) is 0. The van der Waals surface area contributed by atoms with E-state index in [1.165, 1.54) is 56.2 Å². The van der Waals surface area contributed by atoms with Crippen molar-refractivity contribution < 1.29 is 0 Å². The number of rotatable bonds is 11. The van der Waals surface area contributed by atoms with Gasteiger partial charge in [-0.2, -0.15) is 0 Å². The molecule has 0 fully saturated rings. The lowest BCUT2D eigenvalue weighted by atomic mass is 10.0. The summed E-state index contributed by atoms with van der Waals surface area (Å²) in [4.78, 5) is 1.54. The first-order valence-electron chi connectivity index (χ1n) is 7.62. The number of hydrogen-bond donors (Lipinski definition) is 1. The predicted molar refractivity (Wildman–Crippen MR) is 83.5 cm³/mol. The molecule has 1 rings (SSSR count). The molecular weight excluding hydrogens is 238 g/mol. The Bertz CT molecular complexity index is 269. The van der Waals surface area contributed by atoms with E-state index >= 15 is 0 Å². The number of thiophene rings is 1. The highest BCUT2D eigenvalue weighted by Gasteiger charge is 2.06. The Morgan fingerprint density at radius 2 is 1.94 bits per heavy atom. The van der Waals surface area contributed by atoms with Crippen LogP contribution in [0.3, 0.4) is 0 Å². The van der Waals surface area contributed by atoms with Crippen molar-refractivity contribution >= 4 is 11.3 Å². The highest BCUT2D eigenvalue weighted by molar-refractivity contribution is 7.09. The van der Waals surface area contributed by atoms with Gasteiger partial charge in [-0.25, -0.2) is 0 Å². The van der Waals surface area contributed by atoms with Crippen molar-refractivity contribution in [1.82, 2.24) is 5.32 Å². The fourth-order valence-corrected chi connectivity index (χ4v) is 3.18. The number of unbranched alkanes of at least 4 members (excludes halogenated alkanes) is 3. The van der Waals surface area contributed by atoms with Crippen molar-refractivity contribution in [2.45, 2.75) is 71.3 Å². The lowest BCUT2D eigenvalue weighted by molar-refractivity contribution is 0.431. The normalized spacial score (nSPS) is 12.8. The summed E-state index contributed by atoms with van der Waals surface area (Å²) in [6, 6.07) is 5.16. The highest BCUT2D eigenvalue weighted by atomic mass is 32.1. The van der Waals surface area contributed by atoms with Gasteiger partial charge in [0.1, 0.15) is 0 Å². The van der Waals surface area contributed by atoms with E-state index in [4.69, 9.17) is 0 Å². The van der Waals surface area contributed by atoms with Crippen molar-refractivity contribution in [3.63, 3.8) is 0 Å². The number of aryl methyl sites for hydroxylation is 1. The lowest BCUT2D eigenvalue weighted by Crippen LogP contribution is -2.28. The maximum atomic E-state index is 3.64. The van der Waals surface area contributed by atoms with Crippen LogP contribution in [-0.4, -0.2) is 12.6 Å². The largest absolute Gasteiger partial charge is 0.314 e.